The molecule has 0 aromatic heterocycles. The highest BCUT2D eigenvalue weighted by Gasteiger charge is 2.44. The molecule has 1 saturated carbocycles. The Morgan fingerprint density at radius 1 is 1.58 bits per heavy atom. The van der Waals surface area contributed by atoms with Gasteiger partial charge in [0.15, 0.2) is 0 Å². The van der Waals surface area contributed by atoms with Crippen molar-refractivity contribution in [1.29, 1.82) is 0 Å². The third-order valence-corrected chi connectivity index (χ3v) is 2.59. The van der Waals surface area contributed by atoms with Gasteiger partial charge >= 0.3 is 0 Å². The molecular weight excluding hydrogens is 156 g/mol. The van der Waals surface area contributed by atoms with Gasteiger partial charge in [0.1, 0.15) is 5.54 Å². The maximum Gasteiger partial charge on any atom is 0.242 e. The second-order valence-corrected chi connectivity index (χ2v) is 3.76. The standard InChI is InChI=1S/C8H14N2O2/c9-7(11)8(4-12-5-8)10-3-6-1-2-6/h6,10H,1-5H2,(H2,9,11). The van der Waals surface area contributed by atoms with Gasteiger partial charge < -0.3 is 10.5 Å². The molecule has 12 heavy (non-hydrogen) atoms. The number of hydrogen-bond acceptors (Lipinski definition) is 3. The molecule has 0 bridgehead atoms. The van der Waals surface area contributed by atoms with E-state index in [2.05, 4.69) is 5.32 Å². The lowest BCUT2D eigenvalue weighted by atomic mass is 9.96. The van der Waals surface area contributed by atoms with Crippen LogP contribution in [-0.4, -0.2) is 31.2 Å². The average molecular weight is 170 g/mol. The van der Waals surface area contributed by atoms with Crippen LogP contribution < -0.4 is 11.1 Å². The molecule has 68 valence electrons. The minimum atomic E-state index is -0.539. The molecule has 2 fully saturated rings. The zero-order valence-corrected chi connectivity index (χ0v) is 7.01. The van der Waals surface area contributed by atoms with Crippen molar-refractivity contribution in [3.63, 3.8) is 0 Å². The monoisotopic (exact) mass is 170 g/mol. The number of nitrogens with one attached hydrogen (secondary N) is 1. The van der Waals surface area contributed by atoms with E-state index in [0.717, 1.165) is 12.5 Å². The van der Waals surface area contributed by atoms with Gasteiger partial charge in [0.25, 0.3) is 0 Å². The third-order valence-electron chi connectivity index (χ3n) is 2.59. The van der Waals surface area contributed by atoms with Crippen LogP contribution in [0.1, 0.15) is 12.8 Å². The highest BCUT2D eigenvalue weighted by molar-refractivity contribution is 5.86. The van der Waals surface area contributed by atoms with Crippen molar-refractivity contribution in [3.05, 3.63) is 0 Å². The summed E-state index contributed by atoms with van der Waals surface area (Å²) < 4.78 is 4.99. The fraction of sp³-hybridized carbons (Fsp3) is 0.875. The Bertz CT molecular complexity index is 197. The van der Waals surface area contributed by atoms with Crippen molar-refractivity contribution in [2.24, 2.45) is 11.7 Å². The topological polar surface area (TPSA) is 64.4 Å². The van der Waals surface area contributed by atoms with Crippen LogP contribution in [0.25, 0.3) is 0 Å². The van der Waals surface area contributed by atoms with E-state index in [1.807, 2.05) is 0 Å². The first-order valence-corrected chi connectivity index (χ1v) is 4.36. The van der Waals surface area contributed by atoms with E-state index in [0.29, 0.717) is 13.2 Å². The summed E-state index contributed by atoms with van der Waals surface area (Å²) in [6, 6.07) is 0. The van der Waals surface area contributed by atoms with Crippen LogP contribution in [0.2, 0.25) is 0 Å². The van der Waals surface area contributed by atoms with E-state index >= 15 is 0 Å². The van der Waals surface area contributed by atoms with Crippen LogP contribution in [0, 0.1) is 5.92 Å². The molecule has 1 aliphatic heterocycles. The summed E-state index contributed by atoms with van der Waals surface area (Å²) in [5.41, 5.74) is 4.72. The molecule has 2 aliphatic rings. The molecule has 1 saturated heterocycles. The van der Waals surface area contributed by atoms with E-state index in [9.17, 15) is 4.79 Å². The number of hydrogen-bond donors (Lipinski definition) is 2. The van der Waals surface area contributed by atoms with E-state index in [1.54, 1.807) is 0 Å². The van der Waals surface area contributed by atoms with Gasteiger partial charge in [0, 0.05) is 0 Å². The van der Waals surface area contributed by atoms with Crippen molar-refractivity contribution >= 4 is 5.91 Å². The average Bonchev–Trinajstić information content (AvgIpc) is 2.67. The van der Waals surface area contributed by atoms with E-state index < -0.39 is 5.54 Å². The first-order valence-electron chi connectivity index (χ1n) is 4.36. The maximum absolute atomic E-state index is 11.0. The molecule has 1 heterocycles. The number of amides is 1. The normalized spacial score (nSPS) is 26.3. The second-order valence-electron chi connectivity index (χ2n) is 3.76. The molecule has 4 nitrogen and oxygen atoms in total. The summed E-state index contributed by atoms with van der Waals surface area (Å²) in [5, 5.41) is 3.19. The Kier molecular flexibility index (Phi) is 1.81. The maximum atomic E-state index is 11.0. The highest BCUT2D eigenvalue weighted by Crippen LogP contribution is 2.29. The Labute approximate surface area is 71.4 Å². The molecule has 3 N–H and O–H groups in total. The Morgan fingerprint density at radius 2 is 2.25 bits per heavy atom. The molecule has 4 heteroatoms. The minimum absolute atomic E-state index is 0.283. The molecular formula is C8H14N2O2. The summed E-state index contributed by atoms with van der Waals surface area (Å²) in [6.45, 7) is 1.79. The van der Waals surface area contributed by atoms with Gasteiger partial charge in [-0.3, -0.25) is 10.1 Å². The van der Waals surface area contributed by atoms with Gasteiger partial charge in [0.2, 0.25) is 5.91 Å². The molecule has 0 radical (unpaired) electrons. The first kappa shape index (κ1) is 8.01. The lowest BCUT2D eigenvalue weighted by Crippen LogP contribution is -2.68. The number of ether oxygens (including phenoxy) is 1. The number of carbonyl (C=O) groups excluding carboxylic acids is 1. The highest BCUT2D eigenvalue weighted by atomic mass is 16.5. The van der Waals surface area contributed by atoms with Crippen LogP contribution >= 0.6 is 0 Å². The van der Waals surface area contributed by atoms with E-state index in [-0.39, 0.29) is 5.91 Å². The lowest BCUT2D eigenvalue weighted by molar-refractivity contribution is -0.144. The summed E-state index contributed by atoms with van der Waals surface area (Å²) in [7, 11) is 0. The molecule has 1 aliphatic carbocycles. The van der Waals surface area contributed by atoms with Gasteiger partial charge in [0.05, 0.1) is 13.2 Å². The molecule has 0 aromatic rings. The smallest absolute Gasteiger partial charge is 0.242 e. The van der Waals surface area contributed by atoms with Crippen LogP contribution in [0.5, 0.6) is 0 Å². The second kappa shape index (κ2) is 2.71. The fourth-order valence-electron chi connectivity index (χ4n) is 1.30. The minimum Gasteiger partial charge on any atom is -0.376 e. The predicted octanol–water partition coefficient (Wildman–Crippen LogP) is -0.760. The number of rotatable bonds is 4. The van der Waals surface area contributed by atoms with Crippen LogP contribution in [0.4, 0.5) is 0 Å². The first-order chi connectivity index (χ1) is 5.73. The van der Waals surface area contributed by atoms with Gasteiger partial charge in [-0.05, 0) is 25.3 Å². The summed E-state index contributed by atoms with van der Waals surface area (Å²) in [6.07, 6.45) is 2.56. The Balaban J connectivity index is 1.84. The van der Waals surface area contributed by atoms with Crippen LogP contribution in [0.3, 0.4) is 0 Å². The van der Waals surface area contributed by atoms with Crippen LogP contribution in [0.15, 0.2) is 0 Å². The zero-order chi connectivity index (χ0) is 8.60. The zero-order valence-electron chi connectivity index (χ0n) is 7.01. The van der Waals surface area contributed by atoms with Crippen molar-refractivity contribution in [2.45, 2.75) is 18.4 Å². The fourth-order valence-corrected chi connectivity index (χ4v) is 1.30. The Morgan fingerprint density at radius 3 is 2.58 bits per heavy atom. The van der Waals surface area contributed by atoms with Gasteiger partial charge in [-0.1, -0.05) is 0 Å². The number of nitrogens with two attached hydrogens (primary N) is 1. The molecule has 2 rings (SSSR count). The summed E-state index contributed by atoms with van der Waals surface area (Å²) >= 11 is 0. The molecule has 0 atom stereocenters. The van der Waals surface area contributed by atoms with Crippen molar-refractivity contribution < 1.29 is 9.53 Å². The van der Waals surface area contributed by atoms with Gasteiger partial charge in [-0.2, -0.15) is 0 Å². The number of carbonyl (C=O) groups is 1. The molecule has 1 amide bonds. The summed E-state index contributed by atoms with van der Waals surface area (Å²) in [4.78, 5) is 11.0. The SMILES string of the molecule is NC(=O)C1(NCC2CC2)COC1. The number of primary amides is 1. The van der Waals surface area contributed by atoms with Crippen molar-refractivity contribution in [1.82, 2.24) is 5.32 Å². The predicted molar refractivity (Wildman–Crippen MR) is 43.5 cm³/mol. The molecule has 0 aromatic carbocycles. The largest absolute Gasteiger partial charge is 0.376 e. The van der Waals surface area contributed by atoms with E-state index in [1.165, 1.54) is 12.8 Å². The van der Waals surface area contributed by atoms with Gasteiger partial charge in [-0.25, -0.2) is 0 Å². The van der Waals surface area contributed by atoms with Crippen LogP contribution in [-0.2, 0) is 9.53 Å². The van der Waals surface area contributed by atoms with Gasteiger partial charge in [-0.15, -0.1) is 0 Å². The van der Waals surface area contributed by atoms with Crippen molar-refractivity contribution in [2.75, 3.05) is 19.8 Å². The molecule has 0 unspecified atom stereocenters. The lowest BCUT2D eigenvalue weighted by Gasteiger charge is -2.39. The quantitative estimate of drug-likeness (QED) is 0.583. The van der Waals surface area contributed by atoms with E-state index in [4.69, 9.17) is 10.5 Å². The third kappa shape index (κ3) is 1.32. The van der Waals surface area contributed by atoms with Crippen molar-refractivity contribution in [3.8, 4) is 0 Å². The molecule has 0 spiro atoms. The Hall–Kier alpha value is -0.610. The summed E-state index contributed by atoms with van der Waals surface area (Å²) in [5.74, 6) is 0.483.